The molecule has 7 nitrogen and oxygen atoms in total. The highest BCUT2D eigenvalue weighted by Gasteiger charge is 2.34. The number of carbonyl (C=O) groups is 1. The molecule has 0 unspecified atom stereocenters. The van der Waals surface area contributed by atoms with Crippen molar-refractivity contribution in [3.05, 3.63) is 82.9 Å². The first-order chi connectivity index (χ1) is 17.9. The standard InChI is InChI=1S/C28H27F3N4O3/c1-27(2,3)38-26(37)33-16-14-20(17-33)35-24-23(9-6-15-32-24)34(25(35)36)19-12-10-18(11-13-19)21-7-4-5-8-22(21)28(29,30)31/h4-13,15,20H,14,16-17H2,1-3H3/t20-/m0/s1. The molecule has 2 aromatic heterocycles. The minimum absolute atomic E-state index is 0.0659. The van der Waals surface area contributed by atoms with Crippen LogP contribution in [0.5, 0.6) is 0 Å². The molecule has 0 aliphatic carbocycles. The summed E-state index contributed by atoms with van der Waals surface area (Å²) in [6.45, 7) is 6.14. The van der Waals surface area contributed by atoms with Gasteiger partial charge in [-0.1, -0.05) is 30.3 Å². The van der Waals surface area contributed by atoms with Gasteiger partial charge in [0.25, 0.3) is 0 Å². The van der Waals surface area contributed by atoms with Gasteiger partial charge in [0.05, 0.1) is 22.8 Å². The first-order valence-corrected chi connectivity index (χ1v) is 12.3. The molecule has 10 heteroatoms. The molecule has 1 aliphatic heterocycles. The summed E-state index contributed by atoms with van der Waals surface area (Å²) in [6.07, 6.45) is -2.76. The lowest BCUT2D eigenvalue weighted by Crippen LogP contribution is -2.36. The molecular weight excluding hydrogens is 497 g/mol. The SMILES string of the molecule is CC(C)(C)OC(=O)N1CC[C@H](n2c(=O)n(-c3ccc(-c4ccccc4C(F)(F)F)cc3)c3cccnc32)C1. The second-order valence-corrected chi connectivity index (χ2v) is 10.3. The van der Waals surface area contributed by atoms with Gasteiger partial charge in [-0.25, -0.2) is 14.6 Å². The average molecular weight is 525 g/mol. The molecule has 1 aliphatic rings. The summed E-state index contributed by atoms with van der Waals surface area (Å²) in [7, 11) is 0. The van der Waals surface area contributed by atoms with Crippen molar-refractivity contribution in [3.8, 4) is 16.8 Å². The number of benzene rings is 2. The molecule has 0 bridgehead atoms. The van der Waals surface area contributed by atoms with Crippen LogP contribution < -0.4 is 5.69 Å². The zero-order valence-electron chi connectivity index (χ0n) is 21.2. The number of ether oxygens (including phenoxy) is 1. The van der Waals surface area contributed by atoms with Gasteiger partial charge in [0.1, 0.15) is 5.60 Å². The number of halogens is 3. The molecule has 2 aromatic carbocycles. The van der Waals surface area contributed by atoms with Gasteiger partial charge in [-0.3, -0.25) is 9.13 Å². The number of rotatable bonds is 3. The second-order valence-electron chi connectivity index (χ2n) is 10.3. The van der Waals surface area contributed by atoms with Crippen molar-refractivity contribution in [3.63, 3.8) is 0 Å². The molecule has 1 amide bonds. The lowest BCUT2D eigenvalue weighted by atomic mass is 9.99. The van der Waals surface area contributed by atoms with E-state index in [1.54, 1.807) is 78.9 Å². The minimum Gasteiger partial charge on any atom is -0.444 e. The highest BCUT2D eigenvalue weighted by molar-refractivity contribution is 5.75. The number of amides is 1. The van der Waals surface area contributed by atoms with Gasteiger partial charge in [-0.05, 0) is 68.7 Å². The van der Waals surface area contributed by atoms with Gasteiger partial charge >= 0.3 is 18.0 Å². The number of fused-ring (bicyclic) bond motifs is 1. The van der Waals surface area contributed by atoms with Gasteiger partial charge in [0, 0.05) is 19.3 Å². The lowest BCUT2D eigenvalue weighted by Gasteiger charge is -2.24. The number of carbonyl (C=O) groups excluding carboxylic acids is 1. The van der Waals surface area contributed by atoms with Crippen LogP contribution in [0.4, 0.5) is 18.0 Å². The highest BCUT2D eigenvalue weighted by Crippen LogP contribution is 2.37. The van der Waals surface area contributed by atoms with Crippen molar-refractivity contribution >= 4 is 17.3 Å². The van der Waals surface area contributed by atoms with Crippen LogP contribution in [0.3, 0.4) is 0 Å². The summed E-state index contributed by atoms with van der Waals surface area (Å²) >= 11 is 0. The molecule has 3 heterocycles. The van der Waals surface area contributed by atoms with E-state index in [0.717, 1.165) is 6.07 Å². The summed E-state index contributed by atoms with van der Waals surface area (Å²) in [5.41, 5.74) is 0.311. The fourth-order valence-electron chi connectivity index (χ4n) is 4.85. The van der Waals surface area contributed by atoms with E-state index in [4.69, 9.17) is 4.74 Å². The van der Waals surface area contributed by atoms with Gasteiger partial charge < -0.3 is 9.64 Å². The number of imidazole rings is 1. The number of hydrogen-bond donors (Lipinski definition) is 0. The van der Waals surface area contributed by atoms with Crippen molar-refractivity contribution < 1.29 is 22.7 Å². The molecule has 5 rings (SSSR count). The Morgan fingerprint density at radius 3 is 2.39 bits per heavy atom. The molecule has 1 saturated heterocycles. The Labute approximate surface area is 217 Å². The predicted octanol–water partition coefficient (Wildman–Crippen LogP) is 6.05. The number of pyridine rings is 1. The van der Waals surface area contributed by atoms with E-state index >= 15 is 0 Å². The molecule has 0 N–H and O–H groups in total. The van der Waals surface area contributed by atoms with Crippen LogP contribution in [0.25, 0.3) is 28.0 Å². The number of alkyl halides is 3. The largest absolute Gasteiger partial charge is 0.444 e. The Balaban J connectivity index is 1.51. The molecule has 38 heavy (non-hydrogen) atoms. The quantitative estimate of drug-likeness (QED) is 0.327. The first-order valence-electron chi connectivity index (χ1n) is 12.3. The number of aromatic nitrogens is 3. The van der Waals surface area contributed by atoms with Crippen molar-refractivity contribution in [2.75, 3.05) is 13.1 Å². The van der Waals surface area contributed by atoms with E-state index in [9.17, 15) is 22.8 Å². The molecule has 0 saturated carbocycles. The fourth-order valence-corrected chi connectivity index (χ4v) is 4.85. The zero-order chi connectivity index (χ0) is 27.2. The van der Waals surface area contributed by atoms with Gasteiger partial charge in [-0.2, -0.15) is 13.2 Å². The zero-order valence-corrected chi connectivity index (χ0v) is 21.2. The Morgan fingerprint density at radius 2 is 1.71 bits per heavy atom. The fraction of sp³-hybridized carbons (Fsp3) is 0.321. The Kier molecular flexibility index (Phi) is 6.28. The molecule has 198 valence electrons. The normalized spacial score (nSPS) is 16.3. The van der Waals surface area contributed by atoms with Gasteiger partial charge in [0.2, 0.25) is 0 Å². The van der Waals surface area contributed by atoms with E-state index in [1.807, 2.05) is 0 Å². The maximum atomic E-state index is 13.7. The van der Waals surface area contributed by atoms with Crippen molar-refractivity contribution in [1.82, 2.24) is 19.0 Å². The molecule has 0 radical (unpaired) electrons. The molecular formula is C28H27F3N4O3. The summed E-state index contributed by atoms with van der Waals surface area (Å²) in [5.74, 6) is 0. The van der Waals surface area contributed by atoms with Crippen molar-refractivity contribution in [2.24, 2.45) is 0 Å². The molecule has 1 atom stereocenters. The summed E-state index contributed by atoms with van der Waals surface area (Å²) in [5, 5.41) is 0. The number of nitrogens with zero attached hydrogens (tertiary/aromatic N) is 4. The van der Waals surface area contributed by atoms with E-state index < -0.39 is 23.4 Å². The predicted molar refractivity (Wildman–Crippen MR) is 137 cm³/mol. The maximum absolute atomic E-state index is 13.7. The maximum Gasteiger partial charge on any atom is 0.417 e. The second kappa shape index (κ2) is 9.34. The van der Waals surface area contributed by atoms with E-state index in [0.29, 0.717) is 41.9 Å². The van der Waals surface area contributed by atoms with E-state index in [2.05, 4.69) is 4.98 Å². The lowest BCUT2D eigenvalue weighted by molar-refractivity contribution is -0.137. The number of likely N-dealkylation sites (tertiary alicyclic amines) is 1. The summed E-state index contributed by atoms with van der Waals surface area (Å²) < 4.78 is 49.2. The molecule has 1 fully saturated rings. The van der Waals surface area contributed by atoms with Crippen LogP contribution in [-0.2, 0) is 10.9 Å². The average Bonchev–Trinajstić information content (AvgIpc) is 3.45. The molecule has 0 spiro atoms. The Bertz CT molecular complexity index is 1550. The summed E-state index contributed by atoms with van der Waals surface area (Å²) in [6, 6.07) is 15.0. The van der Waals surface area contributed by atoms with Gasteiger partial charge in [-0.15, -0.1) is 0 Å². The number of hydrogen-bond acceptors (Lipinski definition) is 4. The van der Waals surface area contributed by atoms with E-state index in [-0.39, 0.29) is 17.3 Å². The Hall–Kier alpha value is -4.08. The van der Waals surface area contributed by atoms with Gasteiger partial charge in [0.15, 0.2) is 5.65 Å². The van der Waals surface area contributed by atoms with Crippen LogP contribution in [0.1, 0.15) is 38.8 Å². The van der Waals surface area contributed by atoms with Crippen molar-refractivity contribution in [2.45, 2.75) is 45.0 Å². The smallest absolute Gasteiger partial charge is 0.417 e. The van der Waals surface area contributed by atoms with Crippen LogP contribution in [0, 0.1) is 0 Å². The third kappa shape index (κ3) is 4.78. The van der Waals surface area contributed by atoms with Crippen LogP contribution >= 0.6 is 0 Å². The Morgan fingerprint density at radius 1 is 1.00 bits per heavy atom. The molecule has 4 aromatic rings. The van der Waals surface area contributed by atoms with Crippen LogP contribution in [-0.4, -0.2) is 43.8 Å². The minimum atomic E-state index is -4.49. The highest BCUT2D eigenvalue weighted by atomic mass is 19.4. The van der Waals surface area contributed by atoms with Crippen LogP contribution in [0.2, 0.25) is 0 Å². The first kappa shape index (κ1) is 25.6. The van der Waals surface area contributed by atoms with E-state index in [1.165, 1.54) is 16.7 Å². The van der Waals surface area contributed by atoms with Crippen molar-refractivity contribution in [1.29, 1.82) is 0 Å². The third-order valence-corrected chi connectivity index (χ3v) is 6.48. The monoisotopic (exact) mass is 524 g/mol. The summed E-state index contributed by atoms with van der Waals surface area (Å²) in [4.78, 5) is 32.3. The third-order valence-electron chi connectivity index (χ3n) is 6.48. The van der Waals surface area contributed by atoms with Crippen LogP contribution in [0.15, 0.2) is 71.7 Å². The topological polar surface area (TPSA) is 69.4 Å².